The topological polar surface area (TPSA) is 17.1 Å². The van der Waals surface area contributed by atoms with Gasteiger partial charge in [-0.1, -0.05) is 13.0 Å². The number of ketones is 1. The third-order valence-electron chi connectivity index (χ3n) is 3.28. The lowest BCUT2D eigenvalue weighted by molar-refractivity contribution is -0.117. The van der Waals surface area contributed by atoms with Crippen molar-refractivity contribution in [3.63, 3.8) is 0 Å². The Morgan fingerprint density at radius 2 is 2.07 bits per heavy atom. The van der Waals surface area contributed by atoms with Crippen LogP contribution in [-0.2, 0) is 10.2 Å². The van der Waals surface area contributed by atoms with Crippen molar-refractivity contribution in [2.24, 2.45) is 0 Å². The molecule has 1 aromatic carbocycles. The van der Waals surface area contributed by atoms with Gasteiger partial charge < -0.3 is 0 Å². The minimum absolute atomic E-state index is 0.149. The lowest BCUT2D eigenvalue weighted by Gasteiger charge is -2.23. The second-order valence-corrected chi connectivity index (χ2v) is 4.79. The molecule has 0 bridgehead atoms. The minimum Gasteiger partial charge on any atom is -0.300 e. The monoisotopic (exact) mass is 206 g/mol. The highest BCUT2D eigenvalue weighted by Gasteiger charge is 2.35. The van der Waals surface area contributed by atoms with Gasteiger partial charge in [0.2, 0.25) is 0 Å². The smallest absolute Gasteiger partial charge is 0.133 e. The average Bonchev–Trinajstić information content (AvgIpc) is 2.46. The molecule has 1 nitrogen and oxygen atoms in total. The number of carbonyl (C=O) groups is 1. The zero-order valence-electron chi connectivity index (χ0n) is 9.14. The van der Waals surface area contributed by atoms with Crippen molar-refractivity contribution in [2.75, 3.05) is 0 Å². The SMILES string of the molecule is Cc1cc(F)cc(C2(C)CCC(=O)C2)c1. The van der Waals surface area contributed by atoms with Crippen molar-refractivity contribution >= 4 is 5.78 Å². The molecule has 1 aliphatic carbocycles. The van der Waals surface area contributed by atoms with E-state index in [1.165, 1.54) is 6.07 Å². The van der Waals surface area contributed by atoms with Gasteiger partial charge >= 0.3 is 0 Å². The van der Waals surface area contributed by atoms with Gasteiger partial charge in [-0.15, -0.1) is 0 Å². The summed E-state index contributed by atoms with van der Waals surface area (Å²) in [7, 11) is 0. The molecule has 80 valence electrons. The lowest BCUT2D eigenvalue weighted by Crippen LogP contribution is -2.18. The summed E-state index contributed by atoms with van der Waals surface area (Å²) in [6.07, 6.45) is 2.02. The maximum atomic E-state index is 13.3. The van der Waals surface area contributed by atoms with Crippen LogP contribution in [0, 0.1) is 12.7 Å². The largest absolute Gasteiger partial charge is 0.300 e. The van der Waals surface area contributed by atoms with Gasteiger partial charge in [0.15, 0.2) is 0 Å². The van der Waals surface area contributed by atoms with Crippen LogP contribution in [0.1, 0.15) is 37.3 Å². The van der Waals surface area contributed by atoms with Crippen molar-refractivity contribution in [1.29, 1.82) is 0 Å². The van der Waals surface area contributed by atoms with Crippen LogP contribution in [0.4, 0.5) is 4.39 Å². The third-order valence-corrected chi connectivity index (χ3v) is 3.28. The highest BCUT2D eigenvalue weighted by Crippen LogP contribution is 2.39. The van der Waals surface area contributed by atoms with E-state index in [2.05, 4.69) is 0 Å². The first-order chi connectivity index (χ1) is 6.99. The molecule has 1 atom stereocenters. The first kappa shape index (κ1) is 10.3. The fraction of sp³-hybridized carbons (Fsp3) is 0.462. The summed E-state index contributed by atoms with van der Waals surface area (Å²) < 4.78 is 13.3. The fourth-order valence-corrected chi connectivity index (χ4v) is 2.36. The van der Waals surface area contributed by atoms with E-state index in [9.17, 15) is 9.18 Å². The molecule has 0 spiro atoms. The van der Waals surface area contributed by atoms with Gasteiger partial charge in [0.1, 0.15) is 11.6 Å². The predicted molar refractivity (Wildman–Crippen MR) is 57.3 cm³/mol. The summed E-state index contributed by atoms with van der Waals surface area (Å²) in [4.78, 5) is 11.3. The highest BCUT2D eigenvalue weighted by atomic mass is 19.1. The van der Waals surface area contributed by atoms with Crippen LogP contribution in [-0.4, -0.2) is 5.78 Å². The Hall–Kier alpha value is -1.18. The van der Waals surface area contributed by atoms with Gasteiger partial charge in [-0.05, 0) is 42.0 Å². The summed E-state index contributed by atoms with van der Waals surface area (Å²) >= 11 is 0. The summed E-state index contributed by atoms with van der Waals surface area (Å²) in [6, 6.07) is 5.07. The van der Waals surface area contributed by atoms with Crippen LogP contribution in [0.5, 0.6) is 0 Å². The number of benzene rings is 1. The Balaban J connectivity index is 2.40. The second kappa shape index (κ2) is 3.44. The number of hydrogen-bond donors (Lipinski definition) is 0. The van der Waals surface area contributed by atoms with E-state index in [0.29, 0.717) is 18.6 Å². The molecule has 0 radical (unpaired) electrons. The molecule has 0 saturated heterocycles. The number of Topliss-reactive ketones (excluding diaryl/α,β-unsaturated/α-hetero) is 1. The van der Waals surface area contributed by atoms with Crippen molar-refractivity contribution < 1.29 is 9.18 Å². The Labute approximate surface area is 89.3 Å². The predicted octanol–water partition coefficient (Wildman–Crippen LogP) is 3.14. The number of aryl methyl sites for hydroxylation is 1. The van der Waals surface area contributed by atoms with E-state index in [1.807, 2.05) is 19.9 Å². The van der Waals surface area contributed by atoms with Gasteiger partial charge in [-0.25, -0.2) is 4.39 Å². The average molecular weight is 206 g/mol. The van der Waals surface area contributed by atoms with E-state index in [-0.39, 0.29) is 11.2 Å². The molecule has 0 N–H and O–H groups in total. The Morgan fingerprint density at radius 3 is 2.60 bits per heavy atom. The standard InChI is InChI=1S/C13H15FO/c1-9-5-10(7-11(14)6-9)13(2)4-3-12(15)8-13/h5-7H,3-4,8H2,1-2H3. The summed E-state index contributed by atoms with van der Waals surface area (Å²) in [5, 5.41) is 0. The summed E-state index contributed by atoms with van der Waals surface area (Å²) in [5.74, 6) is 0.0880. The number of rotatable bonds is 1. The molecule has 1 unspecified atom stereocenters. The molecule has 2 rings (SSSR count). The van der Waals surface area contributed by atoms with Crippen molar-refractivity contribution in [1.82, 2.24) is 0 Å². The van der Waals surface area contributed by atoms with Crippen LogP contribution in [0.25, 0.3) is 0 Å². The molecular formula is C13H15FO. The number of halogens is 1. The quantitative estimate of drug-likeness (QED) is 0.689. The van der Waals surface area contributed by atoms with Crippen LogP contribution in [0.15, 0.2) is 18.2 Å². The van der Waals surface area contributed by atoms with E-state index in [0.717, 1.165) is 17.5 Å². The fourth-order valence-electron chi connectivity index (χ4n) is 2.36. The van der Waals surface area contributed by atoms with Crippen LogP contribution >= 0.6 is 0 Å². The van der Waals surface area contributed by atoms with Gasteiger partial charge in [-0.2, -0.15) is 0 Å². The summed E-state index contributed by atoms with van der Waals surface area (Å²) in [5.41, 5.74) is 1.74. The molecule has 0 amide bonds. The molecule has 1 aliphatic rings. The first-order valence-electron chi connectivity index (χ1n) is 5.29. The van der Waals surface area contributed by atoms with Crippen molar-refractivity contribution in [3.05, 3.63) is 35.1 Å². The van der Waals surface area contributed by atoms with Crippen LogP contribution in [0.3, 0.4) is 0 Å². The van der Waals surface area contributed by atoms with Gasteiger partial charge in [0, 0.05) is 12.8 Å². The Kier molecular flexibility index (Phi) is 2.37. The maximum Gasteiger partial charge on any atom is 0.133 e. The van der Waals surface area contributed by atoms with Gasteiger partial charge in [-0.3, -0.25) is 4.79 Å². The molecule has 0 aliphatic heterocycles. The molecule has 15 heavy (non-hydrogen) atoms. The molecule has 1 saturated carbocycles. The molecule has 2 heteroatoms. The number of carbonyl (C=O) groups excluding carboxylic acids is 1. The summed E-state index contributed by atoms with van der Waals surface area (Å²) in [6.45, 7) is 3.93. The zero-order chi connectivity index (χ0) is 11.1. The lowest BCUT2D eigenvalue weighted by atomic mass is 9.80. The number of hydrogen-bond acceptors (Lipinski definition) is 1. The Morgan fingerprint density at radius 1 is 1.33 bits per heavy atom. The van der Waals surface area contributed by atoms with E-state index in [1.54, 1.807) is 6.07 Å². The van der Waals surface area contributed by atoms with E-state index >= 15 is 0 Å². The molecule has 0 aromatic heterocycles. The highest BCUT2D eigenvalue weighted by molar-refractivity contribution is 5.82. The van der Waals surface area contributed by atoms with E-state index in [4.69, 9.17) is 0 Å². The van der Waals surface area contributed by atoms with Gasteiger partial charge in [0.25, 0.3) is 0 Å². The normalized spacial score (nSPS) is 25.9. The van der Waals surface area contributed by atoms with Crippen molar-refractivity contribution in [3.8, 4) is 0 Å². The Bertz CT molecular complexity index is 391. The van der Waals surface area contributed by atoms with E-state index < -0.39 is 0 Å². The van der Waals surface area contributed by atoms with Crippen molar-refractivity contribution in [2.45, 2.75) is 38.5 Å². The molecule has 1 aromatic rings. The molecular weight excluding hydrogens is 191 g/mol. The first-order valence-corrected chi connectivity index (χ1v) is 5.29. The van der Waals surface area contributed by atoms with Crippen LogP contribution in [0.2, 0.25) is 0 Å². The molecule has 1 fully saturated rings. The minimum atomic E-state index is -0.203. The maximum absolute atomic E-state index is 13.3. The van der Waals surface area contributed by atoms with Gasteiger partial charge in [0.05, 0.1) is 0 Å². The second-order valence-electron chi connectivity index (χ2n) is 4.79. The third kappa shape index (κ3) is 1.94. The zero-order valence-corrected chi connectivity index (χ0v) is 9.14. The molecule has 0 heterocycles. The van der Waals surface area contributed by atoms with Crippen LogP contribution < -0.4 is 0 Å².